The summed E-state index contributed by atoms with van der Waals surface area (Å²) in [5, 5.41) is 0.581. The van der Waals surface area contributed by atoms with Crippen LogP contribution in [0.4, 0.5) is 10.3 Å². The van der Waals surface area contributed by atoms with Crippen molar-refractivity contribution < 1.29 is 4.39 Å². The number of anilines is 1. The highest BCUT2D eigenvalue weighted by Gasteiger charge is 2.19. The van der Waals surface area contributed by atoms with Gasteiger partial charge in [-0.25, -0.2) is 9.37 Å². The van der Waals surface area contributed by atoms with Crippen LogP contribution < -0.4 is 5.73 Å². The number of hydrogen-bond donors (Lipinski definition) is 1. The van der Waals surface area contributed by atoms with E-state index in [1.807, 2.05) is 22.4 Å². The van der Waals surface area contributed by atoms with Crippen molar-refractivity contribution >= 4 is 28.7 Å². The molecular formula is C12H14FN3S. The van der Waals surface area contributed by atoms with Gasteiger partial charge < -0.3 is 10.3 Å². The second-order valence-corrected chi connectivity index (χ2v) is 5.73. The topological polar surface area (TPSA) is 43.8 Å². The number of hydrogen-bond acceptors (Lipinski definition) is 3. The summed E-state index contributed by atoms with van der Waals surface area (Å²) in [6, 6.07) is 5.00. The molecule has 3 rings (SSSR count). The number of nitrogens with two attached hydrogens (primary N) is 1. The Kier molecular flexibility index (Phi) is 2.70. The van der Waals surface area contributed by atoms with E-state index in [9.17, 15) is 4.39 Å². The lowest BCUT2D eigenvalue weighted by atomic mass is 10.2. The summed E-state index contributed by atoms with van der Waals surface area (Å²) in [6.45, 7) is 0.830. The summed E-state index contributed by atoms with van der Waals surface area (Å²) in [5.74, 6) is 1.33. The van der Waals surface area contributed by atoms with Crippen molar-refractivity contribution in [3.8, 4) is 0 Å². The molecule has 1 atom stereocenters. The van der Waals surface area contributed by atoms with Crippen LogP contribution in [0.2, 0.25) is 0 Å². The molecule has 1 aliphatic heterocycles. The van der Waals surface area contributed by atoms with Crippen LogP contribution in [-0.4, -0.2) is 20.6 Å². The van der Waals surface area contributed by atoms with E-state index in [1.165, 1.54) is 24.7 Å². The first-order valence-electron chi connectivity index (χ1n) is 5.77. The highest BCUT2D eigenvalue weighted by atomic mass is 32.2. The SMILES string of the molecule is Nc1nc2c(F)cccc2n1CC1CCCS1. The van der Waals surface area contributed by atoms with Crippen molar-refractivity contribution in [1.29, 1.82) is 0 Å². The van der Waals surface area contributed by atoms with Crippen molar-refractivity contribution in [3.05, 3.63) is 24.0 Å². The van der Waals surface area contributed by atoms with E-state index in [0.717, 1.165) is 12.1 Å². The van der Waals surface area contributed by atoms with Gasteiger partial charge in [-0.05, 0) is 30.7 Å². The van der Waals surface area contributed by atoms with E-state index in [0.29, 0.717) is 16.7 Å². The minimum atomic E-state index is -0.299. The second-order valence-electron chi connectivity index (χ2n) is 4.32. The standard InChI is InChI=1S/C12H14FN3S/c13-9-4-1-5-10-11(9)15-12(14)16(10)7-8-3-2-6-17-8/h1,4-5,8H,2-3,6-7H2,(H2,14,15). The van der Waals surface area contributed by atoms with Crippen molar-refractivity contribution in [1.82, 2.24) is 9.55 Å². The minimum absolute atomic E-state index is 0.299. The van der Waals surface area contributed by atoms with Gasteiger partial charge >= 0.3 is 0 Å². The van der Waals surface area contributed by atoms with Gasteiger partial charge in [0.15, 0.2) is 5.82 Å². The van der Waals surface area contributed by atoms with Gasteiger partial charge in [-0.3, -0.25) is 0 Å². The summed E-state index contributed by atoms with van der Waals surface area (Å²) < 4.78 is 15.5. The number of para-hydroxylation sites is 1. The molecule has 1 aliphatic rings. The molecule has 0 spiro atoms. The molecule has 0 bridgehead atoms. The van der Waals surface area contributed by atoms with Crippen LogP contribution in [0.3, 0.4) is 0 Å². The number of fused-ring (bicyclic) bond motifs is 1. The number of thioether (sulfide) groups is 1. The number of halogens is 1. The van der Waals surface area contributed by atoms with Crippen LogP contribution in [0.1, 0.15) is 12.8 Å². The van der Waals surface area contributed by atoms with Gasteiger partial charge in [0.05, 0.1) is 5.52 Å². The predicted octanol–water partition coefficient (Wildman–Crippen LogP) is 2.65. The fourth-order valence-corrected chi connectivity index (χ4v) is 3.57. The minimum Gasteiger partial charge on any atom is -0.369 e. The molecule has 5 heteroatoms. The third-order valence-corrected chi connectivity index (χ3v) is 4.55. The van der Waals surface area contributed by atoms with E-state index < -0.39 is 0 Å². The molecule has 1 unspecified atom stereocenters. The molecule has 0 saturated carbocycles. The monoisotopic (exact) mass is 251 g/mol. The van der Waals surface area contributed by atoms with Crippen molar-refractivity contribution in [3.63, 3.8) is 0 Å². The van der Waals surface area contributed by atoms with E-state index in [-0.39, 0.29) is 5.82 Å². The molecule has 0 amide bonds. The van der Waals surface area contributed by atoms with E-state index in [1.54, 1.807) is 6.07 Å². The predicted molar refractivity (Wildman–Crippen MR) is 69.6 cm³/mol. The van der Waals surface area contributed by atoms with Crippen molar-refractivity contribution in [2.24, 2.45) is 0 Å². The Morgan fingerprint density at radius 3 is 3.18 bits per heavy atom. The summed E-state index contributed by atoms with van der Waals surface area (Å²) in [5.41, 5.74) is 7.06. The molecule has 1 fully saturated rings. The smallest absolute Gasteiger partial charge is 0.201 e. The molecule has 1 aromatic carbocycles. The highest BCUT2D eigenvalue weighted by molar-refractivity contribution is 8.00. The number of nitrogens with zero attached hydrogens (tertiary/aromatic N) is 2. The third-order valence-electron chi connectivity index (χ3n) is 3.17. The average molecular weight is 251 g/mol. The van der Waals surface area contributed by atoms with Gasteiger partial charge in [0.1, 0.15) is 5.52 Å². The fraction of sp³-hybridized carbons (Fsp3) is 0.417. The molecule has 2 N–H and O–H groups in total. The van der Waals surface area contributed by atoms with Crippen LogP contribution in [0.25, 0.3) is 11.0 Å². The average Bonchev–Trinajstić information content (AvgIpc) is 2.91. The van der Waals surface area contributed by atoms with Gasteiger partial charge in [-0.2, -0.15) is 11.8 Å². The number of aromatic nitrogens is 2. The summed E-state index contributed by atoms with van der Waals surface area (Å²) in [6.07, 6.45) is 2.47. The molecule has 17 heavy (non-hydrogen) atoms. The second kappa shape index (κ2) is 4.22. The number of imidazole rings is 1. The van der Waals surface area contributed by atoms with Crippen molar-refractivity contribution in [2.75, 3.05) is 11.5 Å². The van der Waals surface area contributed by atoms with Crippen LogP contribution in [0, 0.1) is 5.82 Å². The normalized spacial score (nSPS) is 20.2. The summed E-state index contributed by atoms with van der Waals surface area (Å²) in [7, 11) is 0. The molecule has 3 nitrogen and oxygen atoms in total. The zero-order valence-corrected chi connectivity index (χ0v) is 10.2. The third kappa shape index (κ3) is 1.88. The Labute approximate surface area is 103 Å². The fourth-order valence-electron chi connectivity index (χ4n) is 2.31. The van der Waals surface area contributed by atoms with E-state index >= 15 is 0 Å². The number of rotatable bonds is 2. The number of benzene rings is 1. The van der Waals surface area contributed by atoms with Gasteiger partial charge in [0.25, 0.3) is 0 Å². The first-order chi connectivity index (χ1) is 8.25. The Bertz CT molecular complexity index is 546. The molecule has 90 valence electrons. The molecule has 0 aliphatic carbocycles. The molecule has 2 heterocycles. The lowest BCUT2D eigenvalue weighted by Crippen LogP contribution is -2.12. The highest BCUT2D eigenvalue weighted by Crippen LogP contribution is 2.30. The first kappa shape index (κ1) is 10.9. The maximum absolute atomic E-state index is 13.6. The zero-order valence-electron chi connectivity index (χ0n) is 9.40. The Balaban J connectivity index is 2.02. The van der Waals surface area contributed by atoms with Gasteiger partial charge in [0, 0.05) is 11.8 Å². The van der Waals surface area contributed by atoms with Crippen LogP contribution in [-0.2, 0) is 6.54 Å². The van der Waals surface area contributed by atoms with Gasteiger partial charge in [-0.1, -0.05) is 6.07 Å². The maximum Gasteiger partial charge on any atom is 0.201 e. The van der Waals surface area contributed by atoms with Gasteiger partial charge in [-0.15, -0.1) is 0 Å². The first-order valence-corrected chi connectivity index (χ1v) is 6.82. The summed E-state index contributed by atoms with van der Waals surface area (Å²) >= 11 is 1.96. The molecule has 1 saturated heterocycles. The number of nitrogen functional groups attached to an aromatic ring is 1. The van der Waals surface area contributed by atoms with Crippen LogP contribution in [0.15, 0.2) is 18.2 Å². The Morgan fingerprint density at radius 1 is 1.53 bits per heavy atom. The van der Waals surface area contributed by atoms with Crippen molar-refractivity contribution in [2.45, 2.75) is 24.6 Å². The van der Waals surface area contributed by atoms with E-state index in [2.05, 4.69) is 4.98 Å². The molecule has 2 aromatic rings. The quantitative estimate of drug-likeness (QED) is 0.892. The zero-order chi connectivity index (χ0) is 11.8. The lowest BCUT2D eigenvalue weighted by molar-refractivity contribution is 0.636. The van der Waals surface area contributed by atoms with Gasteiger partial charge in [0.2, 0.25) is 5.95 Å². The van der Waals surface area contributed by atoms with Crippen LogP contribution >= 0.6 is 11.8 Å². The lowest BCUT2D eigenvalue weighted by Gasteiger charge is -2.11. The van der Waals surface area contributed by atoms with E-state index in [4.69, 9.17) is 5.73 Å². The Hall–Kier alpha value is -1.23. The summed E-state index contributed by atoms with van der Waals surface area (Å²) in [4.78, 5) is 4.11. The maximum atomic E-state index is 13.6. The molecular weight excluding hydrogens is 237 g/mol. The van der Waals surface area contributed by atoms with Crippen LogP contribution in [0.5, 0.6) is 0 Å². The Morgan fingerprint density at radius 2 is 2.41 bits per heavy atom. The molecule has 1 aromatic heterocycles. The largest absolute Gasteiger partial charge is 0.369 e. The molecule has 0 radical (unpaired) electrons.